The molecule has 9 aliphatic rings. The number of nitrogens with one attached hydrogen (secondary N) is 2. The molecule has 31 atom stereocenters. The lowest BCUT2D eigenvalue weighted by molar-refractivity contribution is -0.378. The van der Waals surface area contributed by atoms with Crippen molar-refractivity contribution in [3.8, 4) is 0 Å². The second-order valence-corrected chi connectivity index (χ2v) is 28.0. The number of methoxy groups -OCH3 is 1. The van der Waals surface area contributed by atoms with Gasteiger partial charge in [-0.3, -0.25) is 14.4 Å². The van der Waals surface area contributed by atoms with E-state index in [1.807, 2.05) is 27.7 Å². The number of ether oxygens (including phenoxy) is 11. The molecule has 91 heavy (non-hydrogen) atoms. The first-order chi connectivity index (χ1) is 42.8. The van der Waals surface area contributed by atoms with Gasteiger partial charge in [0.05, 0.1) is 50.8 Å². The summed E-state index contributed by atoms with van der Waals surface area (Å²) in [6, 6.07) is -3.10. The largest absolute Gasteiger partial charge is 0.394 e. The quantitative estimate of drug-likeness (QED) is 0.0322. The van der Waals surface area contributed by atoms with Gasteiger partial charge in [0.2, 0.25) is 11.8 Å². The highest BCUT2D eigenvalue weighted by Gasteiger charge is 2.70. The predicted molar refractivity (Wildman–Crippen MR) is 311 cm³/mol. The Balaban J connectivity index is 0.998. The lowest BCUT2D eigenvalue weighted by Gasteiger charge is -2.67. The third kappa shape index (κ3) is 13.6. The van der Waals surface area contributed by atoms with Crippen LogP contribution in [-0.4, -0.2) is 283 Å². The minimum Gasteiger partial charge on any atom is -0.394 e. The smallest absolute Gasteiger partial charge is 0.217 e. The zero-order valence-electron chi connectivity index (χ0n) is 53.5. The summed E-state index contributed by atoms with van der Waals surface area (Å²) in [6.07, 6.45) is -31.2. The number of rotatable bonds is 20. The molecule has 0 radical (unpaired) electrons. The van der Waals surface area contributed by atoms with Crippen molar-refractivity contribution < 1.29 is 133 Å². The van der Waals surface area contributed by atoms with Crippen LogP contribution in [0.4, 0.5) is 0 Å². The normalized spacial score (nSPS) is 47.7. The summed E-state index contributed by atoms with van der Waals surface area (Å²) in [6.45, 7) is 13.1. The summed E-state index contributed by atoms with van der Waals surface area (Å²) < 4.78 is 68.0. The molecular formula is C62H100N2O27. The third-order valence-electron chi connectivity index (χ3n) is 21.9. The van der Waals surface area contributed by atoms with Gasteiger partial charge in [-0.2, -0.15) is 0 Å². The summed E-state index contributed by atoms with van der Waals surface area (Å²) in [7, 11) is 1.73. The molecule has 9 rings (SSSR count). The van der Waals surface area contributed by atoms with Crippen LogP contribution in [-0.2, 0) is 66.5 Å². The molecule has 29 nitrogen and oxygen atoms in total. The standard InChI is InChI=1S/C62H100N2O27/c1-25(2)17-29(69)18-26(3)31-11-12-32-30-13-16-62(80)59(6,7)39(14-15-60(62,8)33(30)19-40(81-10)61(31,32)9)89-58-53(47(75)38(24-84-58)88-54-41(63-27(4)67)48(76)44(72)35(20-65)85-54)90-55-42(64-28(5)68)49(77)46(74)37(87-55)23-83-57-52(43(71)34(70)22-82-57)91-56-51(79)50(78)45(73)36(21-66)86-56/h17,26,31,33-58,65-66,70-80H,11-16,18-24H2,1-10H3,(H,63,67)(H,64,68). The number of carbonyl (C=O) groups excluding carboxylic acids is 3. The maximum absolute atomic E-state index is 13.6. The van der Waals surface area contributed by atoms with Crippen LogP contribution in [0.1, 0.15) is 114 Å². The van der Waals surface area contributed by atoms with E-state index < -0.39 is 209 Å². The first kappa shape index (κ1) is 72.4. The van der Waals surface area contributed by atoms with Gasteiger partial charge in [-0.25, -0.2) is 0 Å². The van der Waals surface area contributed by atoms with Gasteiger partial charge in [-0.1, -0.05) is 51.3 Å². The van der Waals surface area contributed by atoms with Gasteiger partial charge in [-0.15, -0.1) is 0 Å². The Morgan fingerprint density at radius 3 is 1.79 bits per heavy atom. The highest BCUT2D eigenvalue weighted by Crippen LogP contribution is 2.70. The van der Waals surface area contributed by atoms with E-state index in [1.54, 1.807) is 13.2 Å². The average Bonchev–Trinajstić information content (AvgIpc) is 1.64. The molecule has 5 heterocycles. The molecule has 8 fully saturated rings. The van der Waals surface area contributed by atoms with Crippen molar-refractivity contribution in [3.05, 3.63) is 22.8 Å². The first-order valence-electron chi connectivity index (χ1n) is 31.9. The SMILES string of the molecule is COC1CC2C(=C3CCC(C(C)CC(=O)C=C(C)C)C31C)CCC1(O)C(C)(C)C(OC3OCC(OC4OC(CO)C(O)C(O)C4NC(C)=O)C(O)C3OC3OC(COC4OCC(O)C(O)C4OC4OC(CO)C(O)C(O)C4O)C(O)C(O)C3NC(C)=O)CCC21C. The number of aliphatic hydroxyl groups is 13. The number of amides is 2. The molecule has 0 aromatic carbocycles. The third-order valence-corrected chi connectivity index (χ3v) is 21.9. The molecule has 31 unspecified atom stereocenters. The van der Waals surface area contributed by atoms with E-state index >= 15 is 0 Å². The molecule has 4 aliphatic carbocycles. The van der Waals surface area contributed by atoms with Gasteiger partial charge < -0.3 is 129 Å². The summed E-state index contributed by atoms with van der Waals surface area (Å²) >= 11 is 0. The van der Waals surface area contributed by atoms with Crippen LogP contribution >= 0.6 is 0 Å². The van der Waals surface area contributed by atoms with Crippen molar-refractivity contribution in [2.24, 2.45) is 34.0 Å². The van der Waals surface area contributed by atoms with E-state index in [0.717, 1.165) is 32.3 Å². The number of fused-ring (bicyclic) bond motifs is 4. The van der Waals surface area contributed by atoms with Crippen molar-refractivity contribution in [2.75, 3.05) is 40.1 Å². The highest BCUT2D eigenvalue weighted by atomic mass is 16.8. The monoisotopic (exact) mass is 1300 g/mol. The van der Waals surface area contributed by atoms with Gasteiger partial charge in [-0.05, 0) is 82.6 Å². The molecule has 0 aromatic heterocycles. The summed E-state index contributed by atoms with van der Waals surface area (Å²) in [4.78, 5) is 38.6. The Hall–Kier alpha value is -2.87. The van der Waals surface area contributed by atoms with Crippen LogP contribution in [0, 0.1) is 34.0 Å². The minimum absolute atomic E-state index is 0.0914. The molecule has 0 aromatic rings. The lowest BCUT2D eigenvalue weighted by atomic mass is 9.41. The summed E-state index contributed by atoms with van der Waals surface area (Å²) in [5.74, 6) is -1.10. The Bertz CT molecular complexity index is 2590. The summed E-state index contributed by atoms with van der Waals surface area (Å²) in [5.41, 5.74) is 0.0844. The molecule has 5 saturated heterocycles. The second kappa shape index (κ2) is 28.7. The minimum atomic E-state index is -1.95. The Kier molecular flexibility index (Phi) is 22.8. The number of aliphatic hydroxyl groups excluding tert-OH is 12. The summed E-state index contributed by atoms with van der Waals surface area (Å²) in [5, 5.41) is 150. The fourth-order valence-corrected chi connectivity index (χ4v) is 16.9. The predicted octanol–water partition coefficient (Wildman–Crippen LogP) is -3.31. The number of hydrogen-bond acceptors (Lipinski definition) is 27. The van der Waals surface area contributed by atoms with Crippen LogP contribution in [0.15, 0.2) is 22.8 Å². The van der Waals surface area contributed by atoms with Crippen molar-refractivity contribution in [2.45, 2.75) is 273 Å². The number of hydrogen-bond donors (Lipinski definition) is 15. The molecular weight excluding hydrogens is 1200 g/mol. The van der Waals surface area contributed by atoms with Gasteiger partial charge >= 0.3 is 0 Å². The van der Waals surface area contributed by atoms with E-state index in [0.29, 0.717) is 38.5 Å². The number of ketones is 1. The fourth-order valence-electron chi connectivity index (χ4n) is 16.9. The zero-order valence-corrected chi connectivity index (χ0v) is 53.5. The molecule has 520 valence electrons. The van der Waals surface area contributed by atoms with Crippen LogP contribution in [0.25, 0.3) is 0 Å². The highest BCUT2D eigenvalue weighted by molar-refractivity contribution is 5.90. The zero-order chi connectivity index (χ0) is 66.7. The molecule has 0 spiro atoms. The Morgan fingerprint density at radius 1 is 0.626 bits per heavy atom. The molecule has 15 N–H and O–H groups in total. The van der Waals surface area contributed by atoms with Gasteiger partial charge in [0.15, 0.2) is 37.2 Å². The number of allylic oxidation sites excluding steroid dienone is 3. The van der Waals surface area contributed by atoms with E-state index in [1.165, 1.54) is 11.1 Å². The maximum atomic E-state index is 13.6. The van der Waals surface area contributed by atoms with Gasteiger partial charge in [0.1, 0.15) is 110 Å². The van der Waals surface area contributed by atoms with Crippen LogP contribution in [0.3, 0.4) is 0 Å². The molecule has 5 aliphatic heterocycles. The van der Waals surface area contributed by atoms with E-state index in [9.17, 15) is 80.8 Å². The van der Waals surface area contributed by atoms with Crippen LogP contribution in [0.2, 0.25) is 0 Å². The van der Waals surface area contributed by atoms with Crippen molar-refractivity contribution in [1.29, 1.82) is 0 Å². The van der Waals surface area contributed by atoms with Crippen LogP contribution in [0.5, 0.6) is 0 Å². The van der Waals surface area contributed by atoms with E-state index in [4.69, 9.17) is 52.1 Å². The molecule has 3 saturated carbocycles. The topological polar surface area (TPSA) is 440 Å². The number of carbonyl (C=O) groups is 3. The molecule has 0 bridgehead atoms. The van der Waals surface area contributed by atoms with E-state index in [-0.39, 0.29) is 35.1 Å². The van der Waals surface area contributed by atoms with E-state index in [2.05, 4.69) is 31.4 Å². The lowest BCUT2D eigenvalue weighted by Crippen LogP contribution is -2.71. The average molecular weight is 1310 g/mol. The Morgan fingerprint density at radius 2 is 1.19 bits per heavy atom. The maximum Gasteiger partial charge on any atom is 0.217 e. The van der Waals surface area contributed by atoms with Crippen molar-refractivity contribution >= 4 is 17.6 Å². The van der Waals surface area contributed by atoms with Gasteiger partial charge in [0, 0.05) is 43.6 Å². The van der Waals surface area contributed by atoms with Crippen molar-refractivity contribution in [1.82, 2.24) is 10.6 Å². The van der Waals surface area contributed by atoms with Crippen molar-refractivity contribution in [3.63, 3.8) is 0 Å². The van der Waals surface area contributed by atoms with Gasteiger partial charge in [0.25, 0.3) is 0 Å². The Labute approximate surface area is 529 Å². The van der Waals surface area contributed by atoms with Crippen LogP contribution < -0.4 is 10.6 Å². The molecule has 29 heteroatoms. The molecule has 2 amide bonds. The first-order valence-corrected chi connectivity index (χ1v) is 31.9. The second-order valence-electron chi connectivity index (χ2n) is 28.0. The fraction of sp³-hybridized carbons (Fsp3) is 0.887.